The summed E-state index contributed by atoms with van der Waals surface area (Å²) < 4.78 is 40.6. The fourth-order valence-electron chi connectivity index (χ4n) is 1.74. The van der Waals surface area contributed by atoms with Gasteiger partial charge in [0.1, 0.15) is 5.15 Å². The van der Waals surface area contributed by atoms with E-state index in [1.54, 1.807) is 12.1 Å². The smallest absolute Gasteiger partial charge is 0.249 e. The van der Waals surface area contributed by atoms with Crippen molar-refractivity contribution in [2.24, 2.45) is 3.77 Å². The molecule has 0 aliphatic rings. The van der Waals surface area contributed by atoms with Gasteiger partial charge in [0.05, 0.1) is 20.4 Å². The lowest BCUT2D eigenvalue weighted by atomic mass is 10.2. The van der Waals surface area contributed by atoms with E-state index in [1.807, 2.05) is 6.92 Å². The van der Waals surface area contributed by atoms with Gasteiger partial charge in [0.25, 0.3) is 10.0 Å². The molecule has 0 amide bonds. The molecule has 0 bridgehead atoms. The van der Waals surface area contributed by atoms with E-state index in [0.29, 0.717) is 5.56 Å². The molecule has 0 aliphatic carbocycles. The molecule has 0 saturated heterocycles. The molecule has 1 heterocycles. The van der Waals surface area contributed by atoms with Gasteiger partial charge in [-0.3, -0.25) is 0 Å². The molecule has 1 unspecified atom stereocenters. The van der Waals surface area contributed by atoms with Crippen LogP contribution >= 0.6 is 23.2 Å². The maximum absolute atomic E-state index is 12.6. The largest absolute Gasteiger partial charge is 0.290 e. The van der Waals surface area contributed by atoms with E-state index < -0.39 is 19.8 Å². The maximum atomic E-state index is 12.6. The van der Waals surface area contributed by atoms with Gasteiger partial charge in [-0.1, -0.05) is 29.3 Å². The van der Waals surface area contributed by atoms with E-state index in [0.717, 1.165) is 5.56 Å². The molecule has 0 radical (unpaired) electrons. The van der Waals surface area contributed by atoms with Gasteiger partial charge in [0.15, 0.2) is 0 Å². The van der Waals surface area contributed by atoms with Crippen molar-refractivity contribution in [1.29, 1.82) is 0 Å². The highest BCUT2D eigenvalue weighted by molar-refractivity contribution is 8.02. The minimum Gasteiger partial charge on any atom is -0.249 e. The van der Waals surface area contributed by atoms with Crippen LogP contribution in [0.25, 0.3) is 0 Å². The third-order valence-corrected chi connectivity index (χ3v) is 7.05. The van der Waals surface area contributed by atoms with Crippen molar-refractivity contribution in [2.45, 2.75) is 17.6 Å². The molecule has 2 rings (SSSR count). The number of rotatable bonds is 4. The zero-order chi connectivity index (χ0) is 17.3. The first-order valence-electron chi connectivity index (χ1n) is 6.29. The monoisotopic (exact) mass is 393 g/mol. The van der Waals surface area contributed by atoms with E-state index in [9.17, 15) is 12.6 Å². The van der Waals surface area contributed by atoms with Gasteiger partial charge in [0.2, 0.25) is 5.28 Å². The van der Waals surface area contributed by atoms with Crippen molar-refractivity contribution in [2.75, 3.05) is 6.26 Å². The highest BCUT2D eigenvalue weighted by atomic mass is 35.5. The summed E-state index contributed by atoms with van der Waals surface area (Å²) in [4.78, 5) is 7.45. The van der Waals surface area contributed by atoms with E-state index in [1.165, 1.54) is 24.6 Å². The Hall–Kier alpha value is -1.22. The Balaban J connectivity index is 2.39. The summed E-state index contributed by atoms with van der Waals surface area (Å²) in [6.45, 7) is 1.83. The van der Waals surface area contributed by atoms with Crippen molar-refractivity contribution in [1.82, 2.24) is 9.97 Å². The van der Waals surface area contributed by atoms with Crippen LogP contribution in [0.4, 0.5) is 0 Å². The Morgan fingerprint density at radius 2 is 1.74 bits per heavy atom. The Bertz CT molecular complexity index is 951. The van der Waals surface area contributed by atoms with Gasteiger partial charge in [-0.05, 0) is 30.7 Å². The minimum atomic E-state index is -4.04. The normalized spacial score (nSPS) is 14.3. The minimum absolute atomic E-state index is 0.0162. The van der Waals surface area contributed by atoms with Crippen LogP contribution in [-0.4, -0.2) is 28.9 Å². The van der Waals surface area contributed by atoms with Crippen LogP contribution in [0.3, 0.4) is 0 Å². The molecule has 0 aliphatic heterocycles. The van der Waals surface area contributed by atoms with Crippen LogP contribution in [0.1, 0.15) is 11.1 Å². The SMILES string of the molecule is Cc1ccc(S(=O)(=O)N=S(C)(=O)Cc2cnc(Cl)nc2Cl)cc1. The third-order valence-electron chi connectivity index (χ3n) is 2.78. The summed E-state index contributed by atoms with van der Waals surface area (Å²) in [5, 5.41) is -0.0342. The summed E-state index contributed by atoms with van der Waals surface area (Å²) in [6.07, 6.45) is 2.54. The summed E-state index contributed by atoms with van der Waals surface area (Å²) in [5.41, 5.74) is 1.22. The highest BCUT2D eigenvalue weighted by Crippen LogP contribution is 2.20. The molecule has 1 aromatic carbocycles. The number of hydrogen-bond donors (Lipinski definition) is 0. The number of nitrogens with zero attached hydrogens (tertiary/aromatic N) is 3. The molecular formula is C13H13Cl2N3O3S2. The van der Waals surface area contributed by atoms with Crippen LogP contribution in [0.2, 0.25) is 10.4 Å². The van der Waals surface area contributed by atoms with Crippen LogP contribution < -0.4 is 0 Å². The Labute approximate surface area is 145 Å². The second kappa shape index (κ2) is 6.72. The van der Waals surface area contributed by atoms with Crippen molar-refractivity contribution >= 4 is 43.0 Å². The Morgan fingerprint density at radius 1 is 1.13 bits per heavy atom. The molecule has 6 nitrogen and oxygen atoms in total. The van der Waals surface area contributed by atoms with E-state index in [2.05, 4.69) is 13.7 Å². The first kappa shape index (κ1) is 18.1. The molecule has 0 saturated carbocycles. The average Bonchev–Trinajstić information content (AvgIpc) is 2.41. The Kier molecular flexibility index (Phi) is 5.30. The molecule has 2 aromatic rings. The topological polar surface area (TPSA) is 89.4 Å². The Morgan fingerprint density at radius 3 is 2.30 bits per heavy atom. The van der Waals surface area contributed by atoms with Crippen molar-refractivity contribution < 1.29 is 12.6 Å². The summed E-state index contributed by atoms with van der Waals surface area (Å²) in [5.74, 6) is -0.200. The van der Waals surface area contributed by atoms with Crippen molar-refractivity contribution in [3.63, 3.8) is 0 Å². The second-order valence-electron chi connectivity index (χ2n) is 4.92. The lowest BCUT2D eigenvalue weighted by Gasteiger charge is -2.06. The van der Waals surface area contributed by atoms with Crippen LogP contribution in [0.15, 0.2) is 39.1 Å². The first-order valence-corrected chi connectivity index (χ1v) is 10.6. The molecule has 0 N–H and O–H groups in total. The number of aromatic nitrogens is 2. The molecule has 0 fully saturated rings. The third kappa shape index (κ3) is 4.87. The van der Waals surface area contributed by atoms with Gasteiger partial charge in [-0.25, -0.2) is 14.2 Å². The fourth-order valence-corrected chi connectivity index (χ4v) is 5.67. The zero-order valence-corrected chi connectivity index (χ0v) is 15.4. The van der Waals surface area contributed by atoms with Gasteiger partial charge in [0, 0.05) is 18.0 Å². The molecule has 23 heavy (non-hydrogen) atoms. The lowest BCUT2D eigenvalue weighted by molar-refractivity contribution is 0.598. The number of aryl methyl sites for hydroxylation is 1. The van der Waals surface area contributed by atoms with E-state index in [-0.39, 0.29) is 21.1 Å². The van der Waals surface area contributed by atoms with E-state index >= 15 is 0 Å². The van der Waals surface area contributed by atoms with Crippen LogP contribution in [0, 0.1) is 6.92 Å². The predicted octanol–water partition coefficient (Wildman–Crippen LogP) is 3.08. The van der Waals surface area contributed by atoms with Crippen LogP contribution in [0.5, 0.6) is 0 Å². The first-order chi connectivity index (χ1) is 10.6. The van der Waals surface area contributed by atoms with E-state index in [4.69, 9.17) is 23.2 Å². The number of halogens is 2. The number of sulfonamides is 1. The summed E-state index contributed by atoms with van der Waals surface area (Å²) in [7, 11) is -7.14. The quantitative estimate of drug-likeness (QED) is 0.587. The standard InChI is InChI=1S/C13H13Cl2N3O3S2/c1-9-3-5-11(6-4-9)23(20,21)18-22(2,19)8-10-7-16-13(15)17-12(10)14/h3-7H,8H2,1-2H3. The average molecular weight is 394 g/mol. The summed E-state index contributed by atoms with van der Waals surface area (Å²) >= 11 is 11.5. The van der Waals surface area contributed by atoms with Crippen LogP contribution in [-0.2, 0) is 25.5 Å². The second-order valence-corrected chi connectivity index (χ2v) is 9.84. The van der Waals surface area contributed by atoms with Gasteiger partial charge < -0.3 is 0 Å². The summed E-state index contributed by atoms with van der Waals surface area (Å²) in [6, 6.07) is 6.12. The van der Waals surface area contributed by atoms with Gasteiger partial charge in [-0.2, -0.15) is 8.42 Å². The predicted molar refractivity (Wildman–Crippen MR) is 90.6 cm³/mol. The fraction of sp³-hybridized carbons (Fsp3) is 0.231. The number of hydrogen-bond acceptors (Lipinski definition) is 5. The van der Waals surface area contributed by atoms with Gasteiger partial charge >= 0.3 is 0 Å². The zero-order valence-electron chi connectivity index (χ0n) is 12.2. The van der Waals surface area contributed by atoms with Crippen molar-refractivity contribution in [3.05, 3.63) is 52.0 Å². The van der Waals surface area contributed by atoms with Crippen molar-refractivity contribution in [3.8, 4) is 0 Å². The number of benzene rings is 1. The molecule has 10 heteroatoms. The highest BCUT2D eigenvalue weighted by Gasteiger charge is 2.18. The molecule has 1 aromatic heterocycles. The maximum Gasteiger partial charge on any atom is 0.290 e. The molecule has 124 valence electrons. The lowest BCUT2D eigenvalue weighted by Crippen LogP contribution is -2.08. The molecule has 1 atom stereocenters. The van der Waals surface area contributed by atoms with Gasteiger partial charge in [-0.15, -0.1) is 3.77 Å². The molecular weight excluding hydrogens is 381 g/mol. The molecule has 0 spiro atoms.